The van der Waals surface area contributed by atoms with Gasteiger partial charge in [-0.2, -0.15) is 8.78 Å². The van der Waals surface area contributed by atoms with Gasteiger partial charge in [-0.25, -0.2) is 0 Å². The summed E-state index contributed by atoms with van der Waals surface area (Å²) in [5.74, 6) is -0.760. The number of rotatable bonds is 8. The lowest BCUT2D eigenvalue weighted by Gasteiger charge is -2.19. The lowest BCUT2D eigenvalue weighted by atomic mass is 10.0. The van der Waals surface area contributed by atoms with Crippen LogP contribution in [-0.4, -0.2) is 30.1 Å². The van der Waals surface area contributed by atoms with E-state index < -0.39 is 18.6 Å². The van der Waals surface area contributed by atoms with Crippen molar-refractivity contribution in [3.63, 3.8) is 0 Å². The summed E-state index contributed by atoms with van der Waals surface area (Å²) in [4.78, 5) is 16.3. The first-order chi connectivity index (χ1) is 15.9. The molecule has 4 rings (SSSR count). The van der Waals surface area contributed by atoms with E-state index in [4.69, 9.17) is 11.5 Å². The second kappa shape index (κ2) is 9.70. The Balaban J connectivity index is 1.61. The van der Waals surface area contributed by atoms with E-state index in [9.17, 15) is 13.6 Å². The minimum Gasteiger partial charge on any atom is -0.434 e. The van der Waals surface area contributed by atoms with Gasteiger partial charge >= 0.3 is 6.61 Å². The van der Waals surface area contributed by atoms with E-state index in [-0.39, 0.29) is 17.9 Å². The lowest BCUT2D eigenvalue weighted by Crippen LogP contribution is -2.41. The van der Waals surface area contributed by atoms with E-state index in [0.717, 1.165) is 22.0 Å². The van der Waals surface area contributed by atoms with E-state index in [0.29, 0.717) is 17.7 Å². The zero-order chi connectivity index (χ0) is 23.4. The van der Waals surface area contributed by atoms with E-state index in [1.54, 1.807) is 24.3 Å². The molecule has 8 heteroatoms. The topological polar surface area (TPSA) is 106 Å². The van der Waals surface area contributed by atoms with Crippen LogP contribution in [0.1, 0.15) is 15.9 Å². The fraction of sp³-hybridized carbons (Fsp3) is 0.160. The third-order valence-electron chi connectivity index (χ3n) is 5.42. The third-order valence-corrected chi connectivity index (χ3v) is 5.42. The minimum atomic E-state index is -3.06. The van der Waals surface area contributed by atoms with E-state index >= 15 is 0 Å². The van der Waals surface area contributed by atoms with Gasteiger partial charge in [0.15, 0.2) is 0 Å². The molecule has 0 aliphatic carbocycles. The number of carbonyl (C=O) groups is 1. The Hall–Kier alpha value is -3.91. The fourth-order valence-corrected chi connectivity index (χ4v) is 3.83. The first kappa shape index (κ1) is 22.3. The summed E-state index contributed by atoms with van der Waals surface area (Å²) in [5, 5.41) is 3.90. The van der Waals surface area contributed by atoms with Crippen LogP contribution in [0.25, 0.3) is 22.0 Å². The molecule has 0 radical (unpaired) electrons. The maximum Gasteiger partial charge on any atom is 0.387 e. The van der Waals surface area contributed by atoms with Gasteiger partial charge in [0.25, 0.3) is 5.91 Å². The summed E-state index contributed by atoms with van der Waals surface area (Å²) < 4.78 is 30.6. The van der Waals surface area contributed by atoms with Gasteiger partial charge in [0.05, 0.1) is 5.56 Å². The number of nitrogen functional groups attached to an aromatic ring is 1. The van der Waals surface area contributed by atoms with E-state index in [1.165, 1.54) is 12.1 Å². The van der Waals surface area contributed by atoms with Crippen LogP contribution in [0.5, 0.6) is 5.75 Å². The van der Waals surface area contributed by atoms with Gasteiger partial charge in [-0.1, -0.05) is 36.4 Å². The van der Waals surface area contributed by atoms with Crippen LogP contribution < -0.4 is 21.5 Å². The normalized spacial score (nSPS) is 12.1. The summed E-state index contributed by atoms with van der Waals surface area (Å²) in [6.45, 7) is -2.89. The highest BCUT2D eigenvalue weighted by Crippen LogP contribution is 2.29. The SMILES string of the molecule is NCC(Cc1c[nH]c2ccccc12)NC(=O)c1cc(-c2cccc(N)c2)ccc1OC(F)F. The molecule has 0 aliphatic rings. The van der Waals surface area contributed by atoms with Crippen LogP contribution >= 0.6 is 0 Å². The molecule has 0 saturated carbocycles. The molecule has 170 valence electrons. The number of hydrogen-bond donors (Lipinski definition) is 4. The molecule has 0 spiro atoms. The number of fused-ring (bicyclic) bond motifs is 1. The molecule has 6 N–H and O–H groups in total. The summed E-state index contributed by atoms with van der Waals surface area (Å²) in [6.07, 6.45) is 2.36. The Morgan fingerprint density at radius 1 is 1.03 bits per heavy atom. The largest absolute Gasteiger partial charge is 0.434 e. The summed E-state index contributed by atoms with van der Waals surface area (Å²) >= 11 is 0. The number of alkyl halides is 2. The number of nitrogens with two attached hydrogens (primary N) is 2. The number of halogens is 2. The van der Waals surface area contributed by atoms with E-state index in [2.05, 4.69) is 15.0 Å². The summed E-state index contributed by atoms with van der Waals surface area (Å²) in [5.41, 5.74) is 15.7. The van der Waals surface area contributed by atoms with Gasteiger partial charge in [-0.05, 0) is 53.4 Å². The molecule has 1 unspecified atom stereocenters. The van der Waals surface area contributed by atoms with Crippen LogP contribution in [0.3, 0.4) is 0 Å². The molecule has 0 aliphatic heterocycles. The van der Waals surface area contributed by atoms with Crippen molar-refractivity contribution in [2.24, 2.45) is 5.73 Å². The Bertz CT molecular complexity index is 1270. The molecule has 1 heterocycles. The molecule has 4 aromatic rings. The maximum atomic E-state index is 13.1. The zero-order valence-electron chi connectivity index (χ0n) is 17.7. The Morgan fingerprint density at radius 3 is 2.58 bits per heavy atom. The first-order valence-electron chi connectivity index (χ1n) is 10.5. The lowest BCUT2D eigenvalue weighted by molar-refractivity contribution is -0.0501. The van der Waals surface area contributed by atoms with Gasteiger partial charge < -0.3 is 26.5 Å². The Morgan fingerprint density at radius 2 is 1.82 bits per heavy atom. The Kier molecular flexibility index (Phi) is 6.55. The number of benzene rings is 3. The highest BCUT2D eigenvalue weighted by Gasteiger charge is 2.21. The molecule has 1 atom stereocenters. The van der Waals surface area contributed by atoms with Gasteiger partial charge in [-0.3, -0.25) is 4.79 Å². The average molecular weight is 450 g/mol. The Labute approximate surface area is 189 Å². The van der Waals surface area contributed by atoms with Crippen molar-refractivity contribution in [2.45, 2.75) is 19.1 Å². The van der Waals surface area contributed by atoms with Gasteiger partial charge in [0.1, 0.15) is 5.75 Å². The third kappa shape index (κ3) is 5.12. The van der Waals surface area contributed by atoms with Crippen LogP contribution in [-0.2, 0) is 6.42 Å². The molecule has 0 saturated heterocycles. The average Bonchev–Trinajstić information content (AvgIpc) is 3.21. The quantitative estimate of drug-likeness (QED) is 0.300. The molecule has 0 fully saturated rings. The van der Waals surface area contributed by atoms with Crippen LogP contribution in [0, 0.1) is 0 Å². The minimum absolute atomic E-state index is 0.00685. The monoisotopic (exact) mass is 450 g/mol. The molecular weight excluding hydrogens is 426 g/mol. The molecule has 1 aromatic heterocycles. The highest BCUT2D eigenvalue weighted by atomic mass is 19.3. The van der Waals surface area contributed by atoms with Crippen molar-refractivity contribution < 1.29 is 18.3 Å². The van der Waals surface area contributed by atoms with Crippen LogP contribution in [0.15, 0.2) is 72.9 Å². The van der Waals surface area contributed by atoms with Crippen molar-refractivity contribution in [1.82, 2.24) is 10.3 Å². The molecule has 6 nitrogen and oxygen atoms in total. The van der Waals surface area contributed by atoms with Crippen LogP contribution in [0.4, 0.5) is 14.5 Å². The smallest absolute Gasteiger partial charge is 0.387 e. The summed E-state index contributed by atoms with van der Waals surface area (Å²) in [7, 11) is 0. The molecule has 3 aromatic carbocycles. The second-order valence-electron chi connectivity index (χ2n) is 7.68. The highest BCUT2D eigenvalue weighted by molar-refractivity contribution is 5.98. The zero-order valence-corrected chi connectivity index (χ0v) is 17.7. The van der Waals surface area contributed by atoms with Crippen molar-refractivity contribution >= 4 is 22.5 Å². The maximum absolute atomic E-state index is 13.1. The predicted molar refractivity (Wildman–Crippen MR) is 125 cm³/mol. The van der Waals surface area contributed by atoms with Crippen LogP contribution in [0.2, 0.25) is 0 Å². The number of carbonyl (C=O) groups excluding carboxylic acids is 1. The number of nitrogens with one attached hydrogen (secondary N) is 2. The predicted octanol–water partition coefficient (Wildman–Crippen LogP) is 4.32. The standard InChI is InChI=1S/C25H24F2N4O2/c26-25(27)33-23-9-8-16(15-4-3-5-18(29)10-15)12-21(23)24(32)31-19(13-28)11-17-14-30-22-7-2-1-6-20(17)22/h1-10,12,14,19,25,30H,11,13,28-29H2,(H,31,32). The summed E-state index contributed by atoms with van der Waals surface area (Å²) in [6, 6.07) is 19.0. The number of amides is 1. The van der Waals surface area contributed by atoms with Gasteiger partial charge in [-0.15, -0.1) is 0 Å². The molecule has 0 bridgehead atoms. The number of aromatic nitrogens is 1. The van der Waals surface area contributed by atoms with Crippen molar-refractivity contribution in [2.75, 3.05) is 12.3 Å². The number of hydrogen-bond acceptors (Lipinski definition) is 4. The number of anilines is 1. The van der Waals surface area contributed by atoms with Crippen molar-refractivity contribution in [3.05, 3.63) is 84.1 Å². The number of para-hydroxylation sites is 1. The first-order valence-corrected chi connectivity index (χ1v) is 10.5. The van der Waals surface area contributed by atoms with E-state index in [1.807, 2.05) is 36.5 Å². The number of ether oxygens (including phenoxy) is 1. The molecule has 1 amide bonds. The second-order valence-corrected chi connectivity index (χ2v) is 7.68. The van der Waals surface area contributed by atoms with Crippen molar-refractivity contribution in [1.29, 1.82) is 0 Å². The molecular formula is C25H24F2N4O2. The van der Waals surface area contributed by atoms with Gasteiger partial charge in [0.2, 0.25) is 0 Å². The number of H-pyrrole nitrogens is 1. The fourth-order valence-electron chi connectivity index (χ4n) is 3.83. The van der Waals surface area contributed by atoms with Gasteiger partial charge in [0, 0.05) is 35.4 Å². The number of aromatic amines is 1. The van der Waals surface area contributed by atoms with Crippen molar-refractivity contribution in [3.8, 4) is 16.9 Å². The molecule has 33 heavy (non-hydrogen) atoms.